The van der Waals surface area contributed by atoms with Crippen molar-refractivity contribution in [2.24, 2.45) is 5.73 Å². The van der Waals surface area contributed by atoms with Gasteiger partial charge in [-0.2, -0.15) is 8.78 Å². The highest BCUT2D eigenvalue weighted by atomic mass is 19.3. The summed E-state index contributed by atoms with van der Waals surface area (Å²) < 4.78 is 73.7. The van der Waals surface area contributed by atoms with Gasteiger partial charge in [0.25, 0.3) is 0 Å². The van der Waals surface area contributed by atoms with Crippen LogP contribution in [0.3, 0.4) is 0 Å². The number of nitrogens with two attached hydrogens (primary N) is 1. The van der Waals surface area contributed by atoms with E-state index in [1.54, 1.807) is 0 Å². The van der Waals surface area contributed by atoms with Gasteiger partial charge in [-0.25, -0.2) is 13.2 Å². The molecule has 0 heterocycles. The van der Waals surface area contributed by atoms with Gasteiger partial charge in [0.2, 0.25) is 0 Å². The van der Waals surface area contributed by atoms with Crippen molar-refractivity contribution in [1.82, 2.24) is 0 Å². The Morgan fingerprint density at radius 3 is 2.00 bits per heavy atom. The fourth-order valence-electron chi connectivity index (χ4n) is 1.45. The lowest BCUT2D eigenvalue weighted by atomic mass is 10.0. The monoisotopic (exact) mass is 285 g/mol. The Morgan fingerprint density at radius 2 is 1.58 bits per heavy atom. The van der Waals surface area contributed by atoms with Crippen molar-refractivity contribution in [3.05, 3.63) is 23.5 Å². The van der Waals surface area contributed by atoms with Crippen LogP contribution in [0.25, 0.3) is 0 Å². The average Bonchev–Trinajstić information content (AvgIpc) is 2.37. The Labute approximate surface area is 106 Å². The molecule has 0 fully saturated rings. The van der Waals surface area contributed by atoms with Gasteiger partial charge in [-0.1, -0.05) is 0 Å². The summed E-state index contributed by atoms with van der Waals surface area (Å²) >= 11 is 0. The molecule has 1 atom stereocenters. The van der Waals surface area contributed by atoms with Gasteiger partial charge in [-0.05, 0) is 6.07 Å². The van der Waals surface area contributed by atoms with Gasteiger partial charge in [0.05, 0.1) is 14.2 Å². The lowest BCUT2D eigenvalue weighted by Gasteiger charge is -2.24. The van der Waals surface area contributed by atoms with E-state index in [-0.39, 0.29) is 11.5 Å². The Bertz CT molecular complexity index is 453. The molecular formula is C11H12F5NO2. The van der Waals surface area contributed by atoms with E-state index in [1.165, 1.54) is 14.2 Å². The lowest BCUT2D eigenvalue weighted by molar-refractivity contribution is -0.145. The predicted molar refractivity (Wildman–Crippen MR) is 57.4 cm³/mol. The Hall–Kier alpha value is -1.57. The third kappa shape index (κ3) is 2.89. The maximum atomic E-state index is 13.6. The second-order valence-corrected chi connectivity index (χ2v) is 3.68. The Balaban J connectivity index is 3.28. The molecule has 0 bridgehead atoms. The molecule has 0 spiro atoms. The van der Waals surface area contributed by atoms with Gasteiger partial charge in [-0.15, -0.1) is 0 Å². The van der Waals surface area contributed by atoms with Crippen LogP contribution >= 0.6 is 0 Å². The molecule has 1 rings (SSSR count). The number of rotatable bonds is 5. The van der Waals surface area contributed by atoms with E-state index in [0.29, 0.717) is 0 Å². The van der Waals surface area contributed by atoms with Crippen molar-refractivity contribution in [1.29, 1.82) is 0 Å². The molecule has 19 heavy (non-hydrogen) atoms. The predicted octanol–water partition coefficient (Wildman–Crippen LogP) is 2.74. The number of ether oxygens (including phenoxy) is 2. The minimum Gasteiger partial charge on any atom is -0.493 e. The van der Waals surface area contributed by atoms with Gasteiger partial charge in [-0.3, -0.25) is 0 Å². The molecule has 1 aromatic rings. The van der Waals surface area contributed by atoms with E-state index in [1.807, 2.05) is 0 Å². The Morgan fingerprint density at radius 1 is 1.11 bits per heavy atom. The maximum absolute atomic E-state index is 13.6. The van der Waals surface area contributed by atoms with Crippen LogP contribution in [-0.2, 0) is 0 Å². The molecule has 0 aliphatic carbocycles. The zero-order valence-electron chi connectivity index (χ0n) is 10.1. The summed E-state index contributed by atoms with van der Waals surface area (Å²) in [6.45, 7) is 0. The van der Waals surface area contributed by atoms with Crippen LogP contribution in [0.15, 0.2) is 12.1 Å². The van der Waals surface area contributed by atoms with Crippen LogP contribution in [0.4, 0.5) is 22.0 Å². The van der Waals surface area contributed by atoms with Gasteiger partial charge in [0, 0.05) is 11.6 Å². The number of halogens is 5. The summed E-state index contributed by atoms with van der Waals surface area (Å²) in [5, 5.41) is 0. The first-order chi connectivity index (χ1) is 8.75. The molecule has 2 N–H and O–H groups in total. The van der Waals surface area contributed by atoms with Crippen LogP contribution < -0.4 is 15.2 Å². The highest BCUT2D eigenvalue weighted by molar-refractivity contribution is 5.45. The van der Waals surface area contributed by atoms with Crippen LogP contribution in [0.1, 0.15) is 11.6 Å². The average molecular weight is 285 g/mol. The standard InChI is InChI=1S/C11H12F5NO2/c1-18-7-3-5(6(12)4-8(7)19-2)9(17)11(15,16)10(13)14/h3-4,9-10H,17H2,1-2H3. The minimum absolute atomic E-state index is 0.0590. The van der Waals surface area contributed by atoms with Crippen LogP contribution in [0, 0.1) is 5.82 Å². The van der Waals surface area contributed by atoms with Crippen LogP contribution in [0.2, 0.25) is 0 Å². The van der Waals surface area contributed by atoms with Crippen molar-refractivity contribution in [3.63, 3.8) is 0 Å². The fourth-order valence-corrected chi connectivity index (χ4v) is 1.45. The molecule has 1 unspecified atom stereocenters. The normalized spacial score (nSPS) is 13.5. The van der Waals surface area contributed by atoms with Gasteiger partial charge >= 0.3 is 12.3 Å². The minimum atomic E-state index is -4.56. The number of methoxy groups -OCH3 is 2. The van der Waals surface area contributed by atoms with Crippen molar-refractivity contribution in [2.75, 3.05) is 14.2 Å². The molecule has 0 aliphatic rings. The zero-order valence-corrected chi connectivity index (χ0v) is 10.1. The second kappa shape index (κ2) is 5.60. The van der Waals surface area contributed by atoms with Crippen molar-refractivity contribution < 1.29 is 31.4 Å². The first-order valence-corrected chi connectivity index (χ1v) is 5.08. The summed E-state index contributed by atoms with van der Waals surface area (Å²) in [4.78, 5) is 0. The van der Waals surface area contributed by atoms with E-state index in [0.717, 1.165) is 12.1 Å². The SMILES string of the molecule is COc1cc(F)c(C(N)C(F)(F)C(F)F)cc1OC. The second-order valence-electron chi connectivity index (χ2n) is 3.68. The summed E-state index contributed by atoms with van der Waals surface area (Å²) in [6.07, 6.45) is -4.00. The molecule has 0 saturated carbocycles. The van der Waals surface area contributed by atoms with E-state index < -0.39 is 29.8 Å². The number of hydrogen-bond donors (Lipinski definition) is 1. The molecule has 0 radical (unpaired) electrons. The highest BCUT2D eigenvalue weighted by Crippen LogP contribution is 2.39. The van der Waals surface area contributed by atoms with Gasteiger partial charge in [0.15, 0.2) is 11.5 Å². The van der Waals surface area contributed by atoms with E-state index in [2.05, 4.69) is 0 Å². The number of hydrogen-bond acceptors (Lipinski definition) is 3. The fraction of sp³-hybridized carbons (Fsp3) is 0.455. The number of alkyl halides is 4. The summed E-state index contributed by atoms with van der Waals surface area (Å²) in [6, 6.07) is -0.933. The molecule has 1 aromatic carbocycles. The lowest BCUT2D eigenvalue weighted by Crippen LogP contribution is -2.39. The van der Waals surface area contributed by atoms with Crippen molar-refractivity contribution in [2.45, 2.75) is 18.4 Å². The van der Waals surface area contributed by atoms with Gasteiger partial charge < -0.3 is 15.2 Å². The van der Waals surface area contributed by atoms with Crippen molar-refractivity contribution in [3.8, 4) is 11.5 Å². The van der Waals surface area contributed by atoms with Gasteiger partial charge in [0.1, 0.15) is 11.9 Å². The molecule has 0 aromatic heterocycles. The molecular weight excluding hydrogens is 273 g/mol. The smallest absolute Gasteiger partial charge is 0.326 e. The molecule has 3 nitrogen and oxygen atoms in total. The topological polar surface area (TPSA) is 44.5 Å². The zero-order chi connectivity index (χ0) is 14.8. The molecule has 108 valence electrons. The van der Waals surface area contributed by atoms with Crippen LogP contribution in [0.5, 0.6) is 11.5 Å². The first-order valence-electron chi connectivity index (χ1n) is 5.08. The first kappa shape index (κ1) is 15.5. The Kier molecular flexibility index (Phi) is 4.56. The maximum Gasteiger partial charge on any atom is 0.326 e. The summed E-state index contributed by atoms with van der Waals surface area (Å²) in [5.41, 5.74) is 4.25. The van der Waals surface area contributed by atoms with E-state index in [4.69, 9.17) is 15.2 Å². The van der Waals surface area contributed by atoms with E-state index >= 15 is 0 Å². The third-order valence-electron chi connectivity index (χ3n) is 2.54. The third-order valence-corrected chi connectivity index (χ3v) is 2.54. The highest BCUT2D eigenvalue weighted by Gasteiger charge is 2.48. The van der Waals surface area contributed by atoms with Crippen molar-refractivity contribution >= 4 is 0 Å². The molecule has 0 aliphatic heterocycles. The van der Waals surface area contributed by atoms with Crippen LogP contribution in [-0.4, -0.2) is 26.6 Å². The number of benzene rings is 1. The molecule has 0 amide bonds. The molecule has 0 saturated heterocycles. The quantitative estimate of drug-likeness (QED) is 0.846. The largest absolute Gasteiger partial charge is 0.493 e. The molecule has 8 heteroatoms. The summed E-state index contributed by atoms with van der Waals surface area (Å²) in [7, 11) is 2.40. The summed E-state index contributed by atoms with van der Waals surface area (Å²) in [5.74, 6) is -5.87. The van der Waals surface area contributed by atoms with E-state index in [9.17, 15) is 22.0 Å².